The lowest BCUT2D eigenvalue weighted by Gasteiger charge is -2.24. The van der Waals surface area contributed by atoms with Crippen molar-refractivity contribution < 1.29 is 4.39 Å². The van der Waals surface area contributed by atoms with E-state index in [1.54, 1.807) is 19.2 Å². The van der Waals surface area contributed by atoms with Gasteiger partial charge in [-0.2, -0.15) is 0 Å². The Kier molecular flexibility index (Phi) is 10.2. The first kappa shape index (κ1) is 21.2. The summed E-state index contributed by atoms with van der Waals surface area (Å²) in [5, 5.41) is 6.62. The summed E-state index contributed by atoms with van der Waals surface area (Å²) >= 11 is 0. The van der Waals surface area contributed by atoms with Crippen LogP contribution < -0.4 is 10.6 Å². The number of guanidine groups is 1. The number of nitrogens with zero attached hydrogens (tertiary/aromatic N) is 2. The van der Waals surface area contributed by atoms with Crippen LogP contribution in [-0.4, -0.2) is 50.6 Å². The van der Waals surface area contributed by atoms with Crippen LogP contribution in [0.25, 0.3) is 0 Å². The van der Waals surface area contributed by atoms with E-state index in [0.717, 1.165) is 43.6 Å². The highest BCUT2D eigenvalue weighted by Crippen LogP contribution is 2.21. The number of rotatable bonds is 7. The first-order chi connectivity index (χ1) is 11.2. The zero-order chi connectivity index (χ0) is 16.5. The summed E-state index contributed by atoms with van der Waals surface area (Å²) in [7, 11) is 3.98. The number of benzene rings is 1. The van der Waals surface area contributed by atoms with Gasteiger partial charge < -0.3 is 15.5 Å². The molecule has 1 saturated carbocycles. The van der Waals surface area contributed by atoms with Gasteiger partial charge in [0.15, 0.2) is 5.96 Å². The summed E-state index contributed by atoms with van der Waals surface area (Å²) in [4.78, 5) is 6.68. The van der Waals surface area contributed by atoms with Crippen LogP contribution in [0.5, 0.6) is 0 Å². The zero-order valence-corrected chi connectivity index (χ0v) is 17.1. The third kappa shape index (κ3) is 7.34. The van der Waals surface area contributed by atoms with Crippen LogP contribution in [0.2, 0.25) is 0 Å². The summed E-state index contributed by atoms with van der Waals surface area (Å²) in [5.41, 5.74) is 0.994. The minimum atomic E-state index is -0.181. The summed E-state index contributed by atoms with van der Waals surface area (Å²) in [5.74, 6) is 0.626. The second-order valence-corrected chi connectivity index (χ2v) is 6.22. The van der Waals surface area contributed by atoms with Gasteiger partial charge >= 0.3 is 0 Å². The second-order valence-electron chi connectivity index (χ2n) is 6.22. The molecule has 2 N–H and O–H groups in total. The molecule has 1 aromatic rings. The van der Waals surface area contributed by atoms with Crippen molar-refractivity contribution in [2.24, 2.45) is 4.99 Å². The van der Waals surface area contributed by atoms with Crippen LogP contribution in [-0.2, 0) is 6.42 Å². The molecule has 2 rings (SSSR count). The van der Waals surface area contributed by atoms with E-state index in [-0.39, 0.29) is 29.8 Å². The average molecular weight is 448 g/mol. The SMILES string of the molecule is CN=C(NCCc1cccc(F)c1)NCCN(C)C1CCCC1.I. The molecule has 0 atom stereocenters. The van der Waals surface area contributed by atoms with Crippen molar-refractivity contribution in [1.82, 2.24) is 15.5 Å². The minimum absolute atomic E-state index is 0. The van der Waals surface area contributed by atoms with Crippen LogP contribution in [0.15, 0.2) is 29.3 Å². The Labute approximate surface area is 162 Å². The maximum Gasteiger partial charge on any atom is 0.191 e. The minimum Gasteiger partial charge on any atom is -0.356 e. The molecule has 6 heteroatoms. The van der Waals surface area contributed by atoms with Gasteiger partial charge in [0.2, 0.25) is 0 Å². The van der Waals surface area contributed by atoms with Gasteiger partial charge in [-0.1, -0.05) is 25.0 Å². The summed E-state index contributed by atoms with van der Waals surface area (Å²) < 4.78 is 13.1. The molecule has 1 aliphatic carbocycles. The van der Waals surface area contributed by atoms with Gasteiger partial charge in [0.25, 0.3) is 0 Å². The molecule has 0 radical (unpaired) electrons. The molecule has 0 saturated heterocycles. The van der Waals surface area contributed by atoms with Gasteiger partial charge in [0.1, 0.15) is 5.82 Å². The quantitative estimate of drug-likeness (QED) is 0.383. The number of hydrogen-bond donors (Lipinski definition) is 2. The first-order valence-electron chi connectivity index (χ1n) is 8.58. The third-order valence-corrected chi connectivity index (χ3v) is 4.52. The molecular formula is C18H30FIN4. The Hall–Kier alpha value is -0.890. The Morgan fingerprint density at radius 1 is 1.25 bits per heavy atom. The second kappa shape index (κ2) is 11.6. The number of nitrogens with one attached hydrogen (secondary N) is 2. The molecule has 0 unspecified atom stereocenters. The lowest BCUT2D eigenvalue weighted by atomic mass is 10.1. The highest BCUT2D eigenvalue weighted by molar-refractivity contribution is 14.0. The van der Waals surface area contributed by atoms with Crippen LogP contribution >= 0.6 is 24.0 Å². The van der Waals surface area contributed by atoms with Gasteiger partial charge in [0, 0.05) is 32.7 Å². The van der Waals surface area contributed by atoms with Crippen LogP contribution in [0.3, 0.4) is 0 Å². The maximum atomic E-state index is 13.1. The fraction of sp³-hybridized carbons (Fsp3) is 0.611. The van der Waals surface area contributed by atoms with Crippen molar-refractivity contribution in [3.05, 3.63) is 35.6 Å². The van der Waals surface area contributed by atoms with E-state index in [2.05, 4.69) is 27.6 Å². The van der Waals surface area contributed by atoms with Crippen LogP contribution in [0.4, 0.5) is 4.39 Å². The van der Waals surface area contributed by atoms with Crippen LogP contribution in [0.1, 0.15) is 31.2 Å². The molecule has 4 nitrogen and oxygen atoms in total. The van der Waals surface area contributed by atoms with Gasteiger partial charge in [-0.05, 0) is 44.0 Å². The van der Waals surface area contributed by atoms with E-state index in [4.69, 9.17) is 0 Å². The Balaban J connectivity index is 0.00000288. The van der Waals surface area contributed by atoms with E-state index in [0.29, 0.717) is 0 Å². The summed E-state index contributed by atoms with van der Waals surface area (Å²) in [6.07, 6.45) is 6.17. The van der Waals surface area contributed by atoms with Crippen molar-refractivity contribution >= 4 is 29.9 Å². The molecule has 0 heterocycles. The Morgan fingerprint density at radius 3 is 2.62 bits per heavy atom. The van der Waals surface area contributed by atoms with E-state index < -0.39 is 0 Å². The van der Waals surface area contributed by atoms with Crippen molar-refractivity contribution in [2.45, 2.75) is 38.1 Å². The predicted octanol–water partition coefficient (Wildman–Crippen LogP) is 3.03. The fourth-order valence-electron chi connectivity index (χ4n) is 3.12. The molecule has 0 aromatic heterocycles. The van der Waals surface area contributed by atoms with Gasteiger partial charge in [0.05, 0.1) is 0 Å². The Morgan fingerprint density at radius 2 is 1.96 bits per heavy atom. The van der Waals surface area contributed by atoms with E-state index >= 15 is 0 Å². The normalized spacial score (nSPS) is 15.4. The van der Waals surface area contributed by atoms with Crippen molar-refractivity contribution in [1.29, 1.82) is 0 Å². The molecule has 136 valence electrons. The van der Waals surface area contributed by atoms with Crippen molar-refractivity contribution in [2.75, 3.05) is 33.7 Å². The highest BCUT2D eigenvalue weighted by Gasteiger charge is 2.18. The lowest BCUT2D eigenvalue weighted by Crippen LogP contribution is -2.43. The van der Waals surface area contributed by atoms with Crippen molar-refractivity contribution in [3.63, 3.8) is 0 Å². The third-order valence-electron chi connectivity index (χ3n) is 4.52. The number of aliphatic imine (C=N–C) groups is 1. The van der Waals surface area contributed by atoms with E-state index in [9.17, 15) is 4.39 Å². The molecule has 24 heavy (non-hydrogen) atoms. The maximum absolute atomic E-state index is 13.1. The number of likely N-dealkylation sites (N-methyl/N-ethyl adjacent to an activating group) is 1. The smallest absolute Gasteiger partial charge is 0.191 e. The average Bonchev–Trinajstić information content (AvgIpc) is 3.08. The van der Waals surface area contributed by atoms with E-state index in [1.165, 1.54) is 31.7 Å². The molecule has 0 aliphatic heterocycles. The Bertz CT molecular complexity index is 504. The van der Waals surface area contributed by atoms with Crippen LogP contribution in [0, 0.1) is 5.82 Å². The number of hydrogen-bond acceptors (Lipinski definition) is 2. The van der Waals surface area contributed by atoms with E-state index in [1.807, 2.05) is 6.07 Å². The van der Waals surface area contributed by atoms with Gasteiger partial charge in [-0.3, -0.25) is 4.99 Å². The fourth-order valence-corrected chi connectivity index (χ4v) is 3.12. The molecule has 1 fully saturated rings. The van der Waals surface area contributed by atoms with Gasteiger partial charge in [-0.15, -0.1) is 24.0 Å². The largest absolute Gasteiger partial charge is 0.356 e. The first-order valence-corrected chi connectivity index (χ1v) is 8.58. The molecule has 0 spiro atoms. The van der Waals surface area contributed by atoms with Gasteiger partial charge in [-0.25, -0.2) is 4.39 Å². The molecular weight excluding hydrogens is 418 g/mol. The molecule has 0 bridgehead atoms. The van der Waals surface area contributed by atoms with Crippen molar-refractivity contribution in [3.8, 4) is 0 Å². The zero-order valence-electron chi connectivity index (χ0n) is 14.7. The lowest BCUT2D eigenvalue weighted by molar-refractivity contribution is 0.249. The summed E-state index contributed by atoms with van der Waals surface area (Å²) in [6.45, 7) is 2.64. The topological polar surface area (TPSA) is 39.7 Å². The number of halogens is 2. The molecule has 1 aliphatic rings. The summed E-state index contributed by atoms with van der Waals surface area (Å²) in [6, 6.07) is 7.49. The monoisotopic (exact) mass is 448 g/mol. The molecule has 1 aromatic carbocycles. The standard InChI is InChI=1S/C18H29FN4.HI/c1-20-18(21-11-10-15-6-5-7-16(19)14-15)22-12-13-23(2)17-8-3-4-9-17;/h5-7,14,17H,3-4,8-13H2,1-2H3,(H2,20,21,22);1H. The molecule has 0 amide bonds. The highest BCUT2D eigenvalue weighted by atomic mass is 127. The predicted molar refractivity (Wildman–Crippen MR) is 110 cm³/mol.